The smallest absolute Gasteiger partial charge is 0.269 e. The maximum absolute atomic E-state index is 12.8. The zero-order valence-corrected chi connectivity index (χ0v) is 67.0. The summed E-state index contributed by atoms with van der Waals surface area (Å²) < 4.78 is 30.2. The number of amides is 1. The Hall–Kier alpha value is -9.50. The van der Waals surface area contributed by atoms with Crippen LogP contribution in [-0.2, 0) is 0 Å². The number of nitrogens with two attached hydrogens (primary N) is 2. The second-order valence-electron chi connectivity index (χ2n) is 27.2. The van der Waals surface area contributed by atoms with Gasteiger partial charge in [-0.1, -0.05) is 174 Å². The number of methoxy groups -OCH3 is 1. The Morgan fingerprint density at radius 2 is 0.817 bits per heavy atom. The molecule has 0 saturated heterocycles. The summed E-state index contributed by atoms with van der Waals surface area (Å²) in [4.78, 5) is 52.7. The summed E-state index contributed by atoms with van der Waals surface area (Å²) in [6, 6.07) is 32.4. The standard InChI is InChI=1S/C9H12N2O.C9H10N2.C9H13NO.2C9H13N.2C8H10ClN.2C8H10FN.C8H12N2/c1-6(2)7-3-4-11-8(5-7)9(10)12;1-7(2)8-4-5-11-9(6-8)10-3;1-7(2)8-4-5-10-9(6-8)11-3;1-7(2)9-4-5-10-6-8(9)3;1-7(2)9-4-5-10-8(3)6-9;1-6(2)7-3-4-10-5-8(7)9;1-6(2)7-3-4-10-8(9)5-7;1-6(2)7-3-4-10-5-8(7)9;2*1-6(2)7-3-4-10-8(9)5-7/h3-6H,1-2H3,(H2,10,12);4-7H,1-2H3;4-7H,1-3H3;2*4-7H,1-3H3;4*3-6H,1-2H3;3-6H,1-2H3,(H2,9,10). The Labute approximate surface area is 630 Å². The monoisotopic (exact) mass is 1460 g/mol. The number of halogens is 4. The lowest BCUT2D eigenvalue weighted by Crippen LogP contribution is -2.13. The van der Waals surface area contributed by atoms with Crippen molar-refractivity contribution in [2.24, 2.45) is 5.73 Å². The Morgan fingerprint density at radius 1 is 0.423 bits per heavy atom. The number of anilines is 1. The summed E-state index contributed by atoms with van der Waals surface area (Å²) in [5, 5.41) is 1.34. The van der Waals surface area contributed by atoms with Gasteiger partial charge in [0.2, 0.25) is 11.8 Å². The van der Waals surface area contributed by atoms with E-state index in [1.807, 2.05) is 120 Å². The Kier molecular flexibility index (Phi) is 45.2. The number of nitrogens with zero attached hydrogens (tertiary/aromatic N) is 11. The number of carbonyl (C=O) groups is 1. The molecule has 10 aromatic heterocycles. The molecule has 0 fully saturated rings. The molecule has 0 aliphatic rings. The first-order valence-corrected chi connectivity index (χ1v) is 35.8. The molecule has 0 radical (unpaired) electrons. The van der Waals surface area contributed by atoms with Gasteiger partial charge >= 0.3 is 0 Å². The molecule has 0 spiro atoms. The average Bonchev–Trinajstić information content (AvgIpc) is 0.901. The van der Waals surface area contributed by atoms with Gasteiger partial charge in [0.25, 0.3) is 11.7 Å². The molecule has 0 saturated carbocycles. The number of primary amides is 1. The van der Waals surface area contributed by atoms with Crippen LogP contribution in [0.3, 0.4) is 0 Å². The first-order chi connectivity index (χ1) is 49.0. The van der Waals surface area contributed by atoms with Crippen LogP contribution < -0.4 is 16.2 Å². The highest BCUT2D eigenvalue weighted by atomic mass is 35.5. The third-order valence-electron chi connectivity index (χ3n) is 15.3. The van der Waals surface area contributed by atoms with Crippen molar-refractivity contribution in [1.82, 2.24) is 49.8 Å². The van der Waals surface area contributed by atoms with Crippen LogP contribution >= 0.6 is 23.2 Å². The van der Waals surface area contributed by atoms with E-state index < -0.39 is 11.9 Å². The third kappa shape index (κ3) is 38.7. The fraction of sp³-hybridized carbons (Fsp3) is 0.388. The molecule has 19 heteroatoms. The lowest BCUT2D eigenvalue weighted by molar-refractivity contribution is 0.0995. The minimum Gasteiger partial charge on any atom is -0.481 e. The van der Waals surface area contributed by atoms with Crippen LogP contribution in [0.25, 0.3) is 4.85 Å². The summed E-state index contributed by atoms with van der Waals surface area (Å²) in [5.74, 6) is 5.47. The summed E-state index contributed by atoms with van der Waals surface area (Å²) >= 11 is 11.5. The molecule has 0 bridgehead atoms. The predicted octanol–water partition coefficient (Wildman–Crippen LogP) is 23.5. The molecule has 1 amide bonds. The molecule has 104 heavy (non-hydrogen) atoms. The van der Waals surface area contributed by atoms with Crippen LogP contribution in [0.2, 0.25) is 10.2 Å². The number of aromatic nitrogens is 10. The fourth-order valence-electron chi connectivity index (χ4n) is 8.84. The fourth-order valence-corrected chi connectivity index (χ4v) is 9.36. The number of rotatable bonds is 12. The maximum Gasteiger partial charge on any atom is 0.269 e. The van der Waals surface area contributed by atoms with E-state index in [0.29, 0.717) is 81.6 Å². The molecule has 0 aliphatic heterocycles. The Morgan fingerprint density at radius 3 is 1.18 bits per heavy atom. The Balaban J connectivity index is 0.000000578. The average molecular weight is 1460 g/mol. The number of hydrogen-bond acceptors (Lipinski definition) is 13. The zero-order valence-electron chi connectivity index (χ0n) is 65.5. The van der Waals surface area contributed by atoms with Gasteiger partial charge in [0.15, 0.2) is 0 Å². The summed E-state index contributed by atoms with van der Waals surface area (Å²) in [6.45, 7) is 53.0. The SMILES string of the molecule is CC(C)c1ccnc(C(N)=O)c1.CC(C)c1ccnc(Cl)c1.CC(C)c1ccnc(F)c1.CC(C)c1ccnc(N)c1.CC(C)c1ccncc1Cl.CC(C)c1ccncc1F.COc1cc(C(C)C)ccn1.Cc1cc(C(C)C)ccn1.Cc1cnccc1C(C)C.[C-]#[N+]c1cc(C(C)C)ccn1. The van der Waals surface area contributed by atoms with Crippen LogP contribution in [-0.4, -0.2) is 62.9 Å². The van der Waals surface area contributed by atoms with Crippen molar-refractivity contribution >= 4 is 40.7 Å². The van der Waals surface area contributed by atoms with Gasteiger partial charge < -0.3 is 21.0 Å². The largest absolute Gasteiger partial charge is 0.481 e. The molecule has 4 N–H and O–H groups in total. The summed E-state index contributed by atoms with van der Waals surface area (Å²) in [7, 11) is 1.63. The molecule has 0 aliphatic carbocycles. The van der Waals surface area contributed by atoms with E-state index in [4.69, 9.17) is 46.0 Å². The van der Waals surface area contributed by atoms with Crippen LogP contribution in [0.15, 0.2) is 184 Å². The highest BCUT2D eigenvalue weighted by molar-refractivity contribution is 6.31. The number of nitrogen functional groups attached to an aromatic ring is 1. The highest BCUT2D eigenvalue weighted by Crippen LogP contribution is 2.24. The van der Waals surface area contributed by atoms with E-state index in [0.717, 1.165) is 33.0 Å². The van der Waals surface area contributed by atoms with Crippen LogP contribution in [0.5, 0.6) is 5.88 Å². The third-order valence-corrected chi connectivity index (χ3v) is 15.8. The topological polar surface area (TPSA) is 212 Å². The van der Waals surface area contributed by atoms with E-state index in [1.165, 1.54) is 57.4 Å². The molecule has 15 nitrogen and oxygen atoms in total. The molecule has 10 aromatic rings. The number of ether oxygens (including phenoxy) is 1. The highest BCUT2D eigenvalue weighted by Gasteiger charge is 2.09. The van der Waals surface area contributed by atoms with Gasteiger partial charge in [0.1, 0.15) is 28.7 Å². The molecule has 0 atom stereocenters. The van der Waals surface area contributed by atoms with Gasteiger partial charge in [-0.15, -0.1) is 4.98 Å². The van der Waals surface area contributed by atoms with Crippen LogP contribution in [0.1, 0.15) is 275 Å². The van der Waals surface area contributed by atoms with Gasteiger partial charge in [-0.25, -0.2) is 24.3 Å². The normalized spacial score (nSPS) is 10.3. The predicted molar refractivity (Wildman–Crippen MR) is 428 cm³/mol. The van der Waals surface area contributed by atoms with Crippen molar-refractivity contribution in [2.75, 3.05) is 12.8 Å². The maximum atomic E-state index is 12.8. The van der Waals surface area contributed by atoms with Crippen LogP contribution in [0, 0.1) is 32.2 Å². The van der Waals surface area contributed by atoms with Crippen molar-refractivity contribution < 1.29 is 18.3 Å². The van der Waals surface area contributed by atoms with Crippen molar-refractivity contribution in [3.63, 3.8) is 0 Å². The second-order valence-corrected chi connectivity index (χ2v) is 28.0. The van der Waals surface area contributed by atoms with E-state index in [-0.39, 0.29) is 11.7 Å². The number of carbonyl (C=O) groups excluding carboxylic acids is 1. The number of aryl methyl sites for hydroxylation is 2. The molecule has 10 heterocycles. The molecule has 0 unspecified atom stereocenters. The first-order valence-electron chi connectivity index (χ1n) is 35.1. The number of hydrogen-bond donors (Lipinski definition) is 2. The quantitative estimate of drug-likeness (QED) is 0.0862. The minimum absolute atomic E-state index is 0.211. The molecule has 558 valence electrons. The Bertz CT molecular complexity index is 3770. The van der Waals surface area contributed by atoms with Crippen molar-refractivity contribution in [3.8, 4) is 5.88 Å². The van der Waals surface area contributed by atoms with Gasteiger partial charge in [-0.2, -0.15) is 4.39 Å². The zero-order chi connectivity index (χ0) is 78.6. The minimum atomic E-state index is -0.475. The second kappa shape index (κ2) is 50.8. The van der Waals surface area contributed by atoms with Crippen molar-refractivity contribution in [3.05, 3.63) is 290 Å². The van der Waals surface area contributed by atoms with Crippen LogP contribution in [0.4, 0.5) is 20.4 Å². The summed E-state index contributed by atoms with van der Waals surface area (Å²) in [5.41, 5.74) is 24.9. The molecular weight excluding hydrogens is 1340 g/mol. The van der Waals surface area contributed by atoms with Gasteiger partial charge in [0.05, 0.1) is 18.3 Å². The van der Waals surface area contributed by atoms with E-state index in [1.54, 1.807) is 68.8 Å². The van der Waals surface area contributed by atoms with Crippen molar-refractivity contribution in [1.29, 1.82) is 0 Å². The molecule has 0 aromatic carbocycles. The van der Waals surface area contributed by atoms with E-state index in [9.17, 15) is 13.6 Å². The number of pyridine rings is 10. The van der Waals surface area contributed by atoms with Gasteiger partial charge in [-0.05, 0) is 226 Å². The summed E-state index contributed by atoms with van der Waals surface area (Å²) in [6.07, 6.45) is 22.0. The molecular formula is C85H113Cl2F2N13O2. The molecule has 10 rings (SSSR count). The lowest BCUT2D eigenvalue weighted by atomic mass is 10.0. The van der Waals surface area contributed by atoms with Crippen molar-refractivity contribution in [2.45, 2.75) is 212 Å². The van der Waals surface area contributed by atoms with E-state index >= 15 is 0 Å². The van der Waals surface area contributed by atoms with Gasteiger partial charge in [0, 0.05) is 79.9 Å². The van der Waals surface area contributed by atoms with E-state index in [2.05, 4.69) is 191 Å². The lowest BCUT2D eigenvalue weighted by Gasteiger charge is -2.06. The van der Waals surface area contributed by atoms with Gasteiger partial charge in [-0.3, -0.25) is 29.7 Å². The first kappa shape index (κ1) is 92.5.